The zero-order valence-corrected chi connectivity index (χ0v) is 44.2. The first-order valence-electron chi connectivity index (χ1n) is 25.6. The average molecular weight is 1080 g/mol. The van der Waals surface area contributed by atoms with E-state index in [0.29, 0.717) is 304 Å². The molecule has 0 aliphatic rings. The Kier molecular flexibility index (Phi) is 68.6. The summed E-state index contributed by atoms with van der Waals surface area (Å²) in [6.45, 7) is 21.6. The van der Waals surface area contributed by atoms with Crippen LogP contribution in [0.15, 0.2) is 10.2 Å². The van der Waals surface area contributed by atoms with E-state index in [0.717, 1.165) is 0 Å². The Morgan fingerprint density at radius 2 is 0.230 bits per heavy atom. The molecule has 0 saturated heterocycles. The van der Waals surface area contributed by atoms with E-state index in [2.05, 4.69) is 20.1 Å². The standard InChI is InChI=1S/C46H92N6O22/c47-51-49-1-3-53-5-7-55-9-11-57-13-15-59-17-19-61-21-23-63-25-27-65-29-31-67-33-35-69-37-39-71-41-43-73-45-46-74-44-42-72-40-38-70-36-34-68-32-30-66-28-26-64-24-22-62-20-18-60-16-14-58-12-10-56-8-6-54-4-2-50-52-48/h1-46H2. The molecule has 0 heterocycles. The molecule has 438 valence electrons. The summed E-state index contributed by atoms with van der Waals surface area (Å²) in [5.41, 5.74) is 16.3. The summed E-state index contributed by atoms with van der Waals surface area (Å²) in [6.07, 6.45) is 0. The fraction of sp³-hybridized carbons (Fsp3) is 1.00. The minimum atomic E-state index is 0.320. The molecule has 0 radical (unpaired) electrons. The monoisotopic (exact) mass is 1080 g/mol. The lowest BCUT2D eigenvalue weighted by atomic mass is 10.6. The Labute approximate surface area is 438 Å². The van der Waals surface area contributed by atoms with Gasteiger partial charge < -0.3 is 104 Å². The molecule has 0 fully saturated rings. The second kappa shape index (κ2) is 70.7. The molecule has 0 aromatic rings. The van der Waals surface area contributed by atoms with Crippen molar-refractivity contribution >= 4 is 0 Å². The topological polar surface area (TPSA) is 301 Å². The van der Waals surface area contributed by atoms with Crippen molar-refractivity contribution in [1.29, 1.82) is 0 Å². The van der Waals surface area contributed by atoms with Crippen molar-refractivity contribution < 1.29 is 104 Å². The Morgan fingerprint density at radius 1 is 0.149 bits per heavy atom. The van der Waals surface area contributed by atoms with E-state index in [1.54, 1.807) is 0 Å². The van der Waals surface area contributed by atoms with Crippen molar-refractivity contribution in [2.75, 3.05) is 304 Å². The lowest BCUT2D eigenvalue weighted by Crippen LogP contribution is -2.16. The first-order chi connectivity index (χ1) is 36.9. The van der Waals surface area contributed by atoms with Gasteiger partial charge >= 0.3 is 0 Å². The van der Waals surface area contributed by atoms with Gasteiger partial charge in [-0.1, -0.05) is 10.2 Å². The highest BCUT2D eigenvalue weighted by Crippen LogP contribution is 1.91. The maximum atomic E-state index is 8.16. The van der Waals surface area contributed by atoms with E-state index in [-0.39, 0.29) is 0 Å². The van der Waals surface area contributed by atoms with Gasteiger partial charge in [0, 0.05) is 22.9 Å². The van der Waals surface area contributed by atoms with Crippen LogP contribution in [0.2, 0.25) is 0 Å². The highest BCUT2D eigenvalue weighted by molar-refractivity contribution is 4.46. The molecule has 28 nitrogen and oxygen atoms in total. The second-order valence-electron chi connectivity index (χ2n) is 14.4. The highest BCUT2D eigenvalue weighted by Gasteiger charge is 2.00. The van der Waals surface area contributed by atoms with Crippen LogP contribution < -0.4 is 0 Å². The number of hydrogen-bond acceptors (Lipinski definition) is 24. The van der Waals surface area contributed by atoms with E-state index in [9.17, 15) is 0 Å². The summed E-state index contributed by atoms with van der Waals surface area (Å²) in [4.78, 5) is 5.30. The minimum absolute atomic E-state index is 0.320. The fourth-order valence-corrected chi connectivity index (χ4v) is 5.02. The Morgan fingerprint density at radius 3 is 0.311 bits per heavy atom. The zero-order chi connectivity index (χ0) is 52.9. The molecule has 0 aromatic carbocycles. The molecule has 0 rings (SSSR count). The number of azide groups is 2. The second-order valence-corrected chi connectivity index (χ2v) is 14.4. The highest BCUT2D eigenvalue weighted by atomic mass is 16.6. The molecule has 0 aliphatic heterocycles. The molecule has 0 aliphatic carbocycles. The summed E-state index contributed by atoms with van der Waals surface area (Å²) < 4.78 is 120. The van der Waals surface area contributed by atoms with Gasteiger partial charge in [-0.15, -0.1) is 0 Å². The van der Waals surface area contributed by atoms with E-state index < -0.39 is 0 Å². The lowest BCUT2D eigenvalue weighted by molar-refractivity contribution is -0.0317. The molecule has 0 N–H and O–H groups in total. The summed E-state index contributed by atoms with van der Waals surface area (Å²) in [7, 11) is 0. The van der Waals surface area contributed by atoms with Crippen LogP contribution in [0, 0.1) is 0 Å². The zero-order valence-electron chi connectivity index (χ0n) is 44.2. The predicted octanol–water partition coefficient (Wildman–Crippen LogP) is 1.97. The van der Waals surface area contributed by atoms with E-state index >= 15 is 0 Å². The third-order valence-corrected chi connectivity index (χ3v) is 8.61. The van der Waals surface area contributed by atoms with Gasteiger partial charge in [0.1, 0.15) is 0 Å². The minimum Gasteiger partial charge on any atom is -0.379 e. The van der Waals surface area contributed by atoms with Gasteiger partial charge in [0.15, 0.2) is 0 Å². The van der Waals surface area contributed by atoms with Gasteiger partial charge in [-0.3, -0.25) is 0 Å². The molecule has 0 spiro atoms. The van der Waals surface area contributed by atoms with Crippen LogP contribution in [0.5, 0.6) is 0 Å². The van der Waals surface area contributed by atoms with Crippen molar-refractivity contribution in [3.8, 4) is 0 Å². The smallest absolute Gasteiger partial charge is 0.0701 e. The van der Waals surface area contributed by atoms with Crippen molar-refractivity contribution in [3.05, 3.63) is 20.9 Å². The molecule has 74 heavy (non-hydrogen) atoms. The Bertz CT molecular complexity index is 1060. The van der Waals surface area contributed by atoms with E-state index in [1.165, 1.54) is 0 Å². The maximum Gasteiger partial charge on any atom is 0.0701 e. The van der Waals surface area contributed by atoms with Crippen LogP contribution in [0.25, 0.3) is 20.9 Å². The lowest BCUT2D eigenvalue weighted by Gasteiger charge is -2.09. The van der Waals surface area contributed by atoms with Crippen LogP contribution in [0.1, 0.15) is 0 Å². The summed E-state index contributed by atoms with van der Waals surface area (Å²) in [5, 5.41) is 6.76. The predicted molar refractivity (Wildman–Crippen MR) is 266 cm³/mol. The van der Waals surface area contributed by atoms with Crippen molar-refractivity contribution in [2.45, 2.75) is 0 Å². The van der Waals surface area contributed by atoms with Gasteiger partial charge in [0.05, 0.1) is 291 Å². The van der Waals surface area contributed by atoms with Crippen LogP contribution in [0.3, 0.4) is 0 Å². The normalized spacial score (nSPS) is 11.4. The molecule has 0 unspecified atom stereocenters. The van der Waals surface area contributed by atoms with Gasteiger partial charge in [-0.2, -0.15) is 0 Å². The SMILES string of the molecule is [N-]=[N+]=NCCOCCOCCOCCOCCOCCOCCOCCOCCOCCOCCOCCOCCOCCOCCOCCOCCOCCOCCOCCOCCOCCOCCN=[N+]=[N-]. The van der Waals surface area contributed by atoms with E-state index in [4.69, 9.17) is 115 Å². The van der Waals surface area contributed by atoms with Crippen LogP contribution in [-0.4, -0.2) is 304 Å². The number of ether oxygens (including phenoxy) is 22. The van der Waals surface area contributed by atoms with Crippen LogP contribution >= 0.6 is 0 Å². The quantitative estimate of drug-likeness (QED) is 0.0364. The third-order valence-electron chi connectivity index (χ3n) is 8.61. The molecule has 0 aromatic heterocycles. The summed E-state index contributed by atoms with van der Waals surface area (Å²) in [6, 6.07) is 0. The first kappa shape index (κ1) is 71.7. The third kappa shape index (κ3) is 69.7. The molecular weight excluding hydrogens is 989 g/mol. The largest absolute Gasteiger partial charge is 0.379 e. The maximum absolute atomic E-state index is 8.16. The van der Waals surface area contributed by atoms with Gasteiger partial charge in [0.2, 0.25) is 0 Å². The summed E-state index contributed by atoms with van der Waals surface area (Å²) in [5.74, 6) is 0. The van der Waals surface area contributed by atoms with Crippen molar-refractivity contribution in [1.82, 2.24) is 0 Å². The fourth-order valence-electron chi connectivity index (χ4n) is 5.02. The van der Waals surface area contributed by atoms with Gasteiger partial charge in [-0.05, 0) is 11.1 Å². The van der Waals surface area contributed by atoms with Gasteiger partial charge in [-0.25, -0.2) is 0 Å². The Balaban J connectivity index is 3.08. The van der Waals surface area contributed by atoms with Crippen molar-refractivity contribution in [3.63, 3.8) is 0 Å². The van der Waals surface area contributed by atoms with Crippen molar-refractivity contribution in [2.24, 2.45) is 10.2 Å². The van der Waals surface area contributed by atoms with Gasteiger partial charge in [0.25, 0.3) is 0 Å². The molecular formula is C46H92N6O22. The first-order valence-corrected chi connectivity index (χ1v) is 25.6. The molecule has 0 atom stereocenters. The molecule has 0 saturated carbocycles. The van der Waals surface area contributed by atoms with Crippen LogP contribution in [-0.2, 0) is 104 Å². The van der Waals surface area contributed by atoms with E-state index in [1.807, 2.05) is 0 Å². The molecule has 28 heteroatoms. The summed E-state index contributed by atoms with van der Waals surface area (Å²) >= 11 is 0. The number of hydrogen-bond donors (Lipinski definition) is 0. The molecule has 0 bridgehead atoms. The number of rotatable bonds is 69. The van der Waals surface area contributed by atoms with Crippen LogP contribution in [0.4, 0.5) is 0 Å². The molecule has 0 amide bonds. The average Bonchev–Trinajstić information content (AvgIpc) is 3.41. The number of nitrogens with zero attached hydrogens (tertiary/aromatic N) is 6. The Hall–Kier alpha value is -2.26.